The van der Waals surface area contributed by atoms with Gasteiger partial charge in [-0.1, -0.05) is 20.8 Å². The molecule has 0 radical (unpaired) electrons. The summed E-state index contributed by atoms with van der Waals surface area (Å²) < 4.78 is 15.0. The van der Waals surface area contributed by atoms with E-state index in [9.17, 15) is 4.39 Å². The maximum absolute atomic E-state index is 13.4. The second-order valence-corrected chi connectivity index (χ2v) is 4.65. The van der Waals surface area contributed by atoms with Gasteiger partial charge in [0.25, 0.3) is 0 Å². The molecule has 1 rings (SSSR count). The van der Waals surface area contributed by atoms with E-state index in [0.717, 1.165) is 0 Å². The fourth-order valence-corrected chi connectivity index (χ4v) is 1.14. The predicted octanol–water partition coefficient (Wildman–Crippen LogP) is 2.90. The largest absolute Gasteiger partial charge is 0.267 e. The van der Waals surface area contributed by atoms with Crippen molar-refractivity contribution < 1.29 is 4.39 Å². The van der Waals surface area contributed by atoms with Crippen molar-refractivity contribution in [2.45, 2.75) is 46.1 Å². The van der Waals surface area contributed by atoms with E-state index in [2.05, 4.69) is 5.10 Å². The van der Waals surface area contributed by atoms with Crippen molar-refractivity contribution in [3.05, 3.63) is 17.7 Å². The number of hydrogen-bond acceptors (Lipinski definition) is 1. The first-order valence-corrected chi connectivity index (χ1v) is 4.57. The molecule has 0 fully saturated rings. The fraction of sp³-hybridized carbons (Fsp3) is 0.700. The van der Waals surface area contributed by atoms with Crippen LogP contribution in [-0.2, 0) is 5.41 Å². The Morgan fingerprint density at radius 3 is 2.15 bits per heavy atom. The molecule has 0 amide bonds. The Morgan fingerprint density at radius 2 is 1.92 bits per heavy atom. The van der Waals surface area contributed by atoms with Crippen LogP contribution in [0.4, 0.5) is 4.39 Å². The van der Waals surface area contributed by atoms with E-state index in [0.29, 0.717) is 5.69 Å². The fourth-order valence-electron chi connectivity index (χ4n) is 1.14. The van der Waals surface area contributed by atoms with Gasteiger partial charge in [-0.25, -0.2) is 4.39 Å². The van der Waals surface area contributed by atoms with Gasteiger partial charge >= 0.3 is 0 Å². The van der Waals surface area contributed by atoms with Crippen LogP contribution in [0.5, 0.6) is 0 Å². The lowest BCUT2D eigenvalue weighted by Gasteiger charge is -2.15. The standard InChI is InChI=1S/C10H17FN2/c1-7(2)13-6-8(11)9(12-13)10(3,4)5/h6-7H,1-5H3. The van der Waals surface area contributed by atoms with Crippen molar-refractivity contribution in [2.24, 2.45) is 0 Å². The molecule has 13 heavy (non-hydrogen) atoms. The van der Waals surface area contributed by atoms with E-state index in [-0.39, 0.29) is 17.3 Å². The van der Waals surface area contributed by atoms with E-state index in [1.807, 2.05) is 34.6 Å². The van der Waals surface area contributed by atoms with Gasteiger partial charge in [0.05, 0.1) is 6.20 Å². The normalized spacial score (nSPS) is 12.5. The molecule has 1 heterocycles. The lowest BCUT2D eigenvalue weighted by molar-refractivity contribution is 0.487. The highest BCUT2D eigenvalue weighted by molar-refractivity contribution is 5.13. The molecule has 3 heteroatoms. The van der Waals surface area contributed by atoms with Crippen molar-refractivity contribution in [3.63, 3.8) is 0 Å². The van der Waals surface area contributed by atoms with Crippen molar-refractivity contribution in [1.29, 1.82) is 0 Å². The molecule has 0 unspecified atom stereocenters. The minimum atomic E-state index is -0.218. The minimum absolute atomic E-state index is 0.207. The highest BCUT2D eigenvalue weighted by atomic mass is 19.1. The summed E-state index contributed by atoms with van der Waals surface area (Å²) >= 11 is 0. The molecule has 2 nitrogen and oxygen atoms in total. The monoisotopic (exact) mass is 184 g/mol. The number of hydrogen-bond donors (Lipinski definition) is 0. The molecule has 1 aromatic rings. The minimum Gasteiger partial charge on any atom is -0.267 e. The van der Waals surface area contributed by atoms with Crippen molar-refractivity contribution >= 4 is 0 Å². The number of nitrogens with zero attached hydrogens (tertiary/aromatic N) is 2. The molecule has 0 saturated heterocycles. The van der Waals surface area contributed by atoms with E-state index >= 15 is 0 Å². The summed E-state index contributed by atoms with van der Waals surface area (Å²) in [7, 11) is 0. The highest BCUT2D eigenvalue weighted by Crippen LogP contribution is 2.23. The van der Waals surface area contributed by atoms with E-state index < -0.39 is 0 Å². The molecule has 0 aromatic carbocycles. The van der Waals surface area contributed by atoms with Gasteiger partial charge in [0.1, 0.15) is 5.69 Å². The molecule has 0 N–H and O–H groups in total. The summed E-state index contributed by atoms with van der Waals surface area (Å²) in [6.45, 7) is 9.85. The lowest BCUT2D eigenvalue weighted by Crippen LogP contribution is -2.14. The van der Waals surface area contributed by atoms with Gasteiger partial charge in [-0.05, 0) is 13.8 Å². The van der Waals surface area contributed by atoms with Gasteiger partial charge in [-0.3, -0.25) is 4.68 Å². The third-order valence-electron chi connectivity index (χ3n) is 1.93. The zero-order valence-corrected chi connectivity index (χ0v) is 8.93. The van der Waals surface area contributed by atoms with Gasteiger partial charge in [0.2, 0.25) is 0 Å². The molecule has 0 spiro atoms. The molecular weight excluding hydrogens is 167 g/mol. The SMILES string of the molecule is CC(C)n1cc(F)c(C(C)(C)C)n1. The smallest absolute Gasteiger partial charge is 0.164 e. The number of halogens is 1. The lowest BCUT2D eigenvalue weighted by atomic mass is 9.92. The summed E-state index contributed by atoms with van der Waals surface area (Å²) in [6.07, 6.45) is 1.46. The molecule has 0 atom stereocenters. The average Bonchev–Trinajstić information content (AvgIpc) is 2.29. The average molecular weight is 184 g/mol. The van der Waals surface area contributed by atoms with Crippen LogP contribution in [0, 0.1) is 5.82 Å². The molecule has 0 bridgehead atoms. The quantitative estimate of drug-likeness (QED) is 0.656. The van der Waals surface area contributed by atoms with Gasteiger partial charge in [-0.15, -0.1) is 0 Å². The van der Waals surface area contributed by atoms with Gasteiger partial charge < -0.3 is 0 Å². The maximum Gasteiger partial charge on any atom is 0.164 e. The Labute approximate surface area is 78.8 Å². The third kappa shape index (κ3) is 2.08. The topological polar surface area (TPSA) is 17.8 Å². The first kappa shape index (κ1) is 10.2. The first-order chi connectivity index (χ1) is 5.82. The zero-order chi connectivity index (χ0) is 10.2. The van der Waals surface area contributed by atoms with Crippen molar-refractivity contribution in [1.82, 2.24) is 9.78 Å². The second-order valence-electron chi connectivity index (χ2n) is 4.65. The van der Waals surface area contributed by atoms with Crippen LogP contribution in [0.25, 0.3) is 0 Å². The Kier molecular flexibility index (Phi) is 2.46. The second kappa shape index (κ2) is 3.13. The van der Waals surface area contributed by atoms with Crippen LogP contribution >= 0.6 is 0 Å². The molecule has 0 aliphatic carbocycles. The summed E-state index contributed by atoms with van der Waals surface area (Å²) in [4.78, 5) is 0. The first-order valence-electron chi connectivity index (χ1n) is 4.57. The van der Waals surface area contributed by atoms with Crippen molar-refractivity contribution in [2.75, 3.05) is 0 Å². The molecule has 1 aromatic heterocycles. The molecule has 74 valence electrons. The molecule has 0 aliphatic heterocycles. The van der Waals surface area contributed by atoms with E-state index in [4.69, 9.17) is 0 Å². The van der Waals surface area contributed by atoms with Crippen LogP contribution in [0.1, 0.15) is 46.4 Å². The number of aromatic nitrogens is 2. The third-order valence-corrected chi connectivity index (χ3v) is 1.93. The predicted molar refractivity (Wildman–Crippen MR) is 51.3 cm³/mol. The van der Waals surface area contributed by atoms with Crippen LogP contribution in [0.3, 0.4) is 0 Å². The Morgan fingerprint density at radius 1 is 1.38 bits per heavy atom. The van der Waals surface area contributed by atoms with Gasteiger partial charge in [-0.2, -0.15) is 5.10 Å². The van der Waals surface area contributed by atoms with Gasteiger partial charge in [0, 0.05) is 11.5 Å². The Balaban J connectivity index is 3.11. The molecule has 0 aliphatic rings. The zero-order valence-electron chi connectivity index (χ0n) is 8.93. The Hall–Kier alpha value is -0.860. The summed E-state index contributed by atoms with van der Waals surface area (Å²) in [5, 5.41) is 4.22. The maximum atomic E-state index is 13.4. The van der Waals surface area contributed by atoms with E-state index in [1.54, 1.807) is 4.68 Å². The van der Waals surface area contributed by atoms with Crippen molar-refractivity contribution in [3.8, 4) is 0 Å². The molecular formula is C10H17FN2. The van der Waals surface area contributed by atoms with E-state index in [1.165, 1.54) is 6.20 Å². The van der Waals surface area contributed by atoms with Crippen LogP contribution < -0.4 is 0 Å². The Bertz CT molecular complexity index is 294. The summed E-state index contributed by atoms with van der Waals surface area (Å²) in [5.74, 6) is -0.207. The van der Waals surface area contributed by atoms with Crippen LogP contribution in [-0.4, -0.2) is 9.78 Å². The van der Waals surface area contributed by atoms with Crippen LogP contribution in [0.2, 0.25) is 0 Å². The molecule has 0 saturated carbocycles. The number of rotatable bonds is 1. The summed E-state index contributed by atoms with van der Waals surface area (Å²) in [6, 6.07) is 0.214. The van der Waals surface area contributed by atoms with Gasteiger partial charge in [0.15, 0.2) is 5.82 Å². The highest BCUT2D eigenvalue weighted by Gasteiger charge is 2.22. The summed E-state index contributed by atoms with van der Waals surface area (Å²) in [5.41, 5.74) is 0.325. The van der Waals surface area contributed by atoms with Crippen LogP contribution in [0.15, 0.2) is 6.20 Å².